The van der Waals surface area contributed by atoms with Crippen molar-refractivity contribution in [3.63, 3.8) is 0 Å². The van der Waals surface area contributed by atoms with Gasteiger partial charge >= 0.3 is 0 Å². The van der Waals surface area contributed by atoms with Gasteiger partial charge in [0.1, 0.15) is 11.9 Å². The number of rotatable bonds is 4. The minimum Gasteiger partial charge on any atom is -0.469 e. The Bertz CT molecular complexity index is 273. The molecular weight excluding hydrogens is 152 g/mol. The number of aliphatic hydroxyl groups is 1. The number of hydrogen-bond donors (Lipinski definition) is 1. The quantitative estimate of drug-likeness (QED) is 0.692. The summed E-state index contributed by atoms with van der Waals surface area (Å²) in [6, 6.07) is 1.74. The van der Waals surface area contributed by atoms with E-state index >= 15 is 0 Å². The SMILES string of the molecule is C=CCc1occc1C(O)C=C. The molecule has 0 amide bonds. The standard InChI is InChI=1S/C10H12O2/c1-3-5-10-8(6-7-12-10)9(11)4-2/h3-4,6-7,9,11H,1-2,5H2. The van der Waals surface area contributed by atoms with E-state index in [1.165, 1.54) is 6.08 Å². The summed E-state index contributed by atoms with van der Waals surface area (Å²) in [6.07, 6.45) is 4.75. The molecule has 0 aliphatic heterocycles. The molecule has 2 nitrogen and oxygen atoms in total. The Morgan fingerprint density at radius 3 is 2.92 bits per heavy atom. The van der Waals surface area contributed by atoms with Gasteiger partial charge in [0, 0.05) is 12.0 Å². The summed E-state index contributed by atoms with van der Waals surface area (Å²) in [6.45, 7) is 7.09. The zero-order valence-electron chi connectivity index (χ0n) is 6.86. The fourth-order valence-electron chi connectivity index (χ4n) is 1.04. The third kappa shape index (κ3) is 1.66. The van der Waals surface area contributed by atoms with Crippen molar-refractivity contribution in [3.8, 4) is 0 Å². The van der Waals surface area contributed by atoms with Gasteiger partial charge in [-0.3, -0.25) is 0 Å². The van der Waals surface area contributed by atoms with Gasteiger partial charge < -0.3 is 9.52 Å². The highest BCUT2D eigenvalue weighted by molar-refractivity contribution is 5.24. The van der Waals surface area contributed by atoms with Crippen molar-refractivity contribution < 1.29 is 9.52 Å². The van der Waals surface area contributed by atoms with Crippen LogP contribution in [0.1, 0.15) is 17.4 Å². The van der Waals surface area contributed by atoms with E-state index in [1.807, 2.05) is 0 Å². The van der Waals surface area contributed by atoms with Gasteiger partial charge in [-0.1, -0.05) is 12.2 Å². The molecule has 0 fully saturated rings. The van der Waals surface area contributed by atoms with Gasteiger partial charge in [-0.25, -0.2) is 0 Å². The van der Waals surface area contributed by atoms with Crippen LogP contribution in [0.25, 0.3) is 0 Å². The molecule has 0 bridgehead atoms. The van der Waals surface area contributed by atoms with E-state index in [4.69, 9.17) is 4.42 Å². The molecule has 1 rings (SSSR count). The maximum atomic E-state index is 9.41. The Morgan fingerprint density at radius 1 is 1.58 bits per heavy atom. The molecule has 0 saturated heterocycles. The van der Waals surface area contributed by atoms with Crippen molar-refractivity contribution in [1.29, 1.82) is 0 Å². The van der Waals surface area contributed by atoms with E-state index in [-0.39, 0.29) is 0 Å². The van der Waals surface area contributed by atoms with Crippen LogP contribution in [0, 0.1) is 0 Å². The molecule has 0 radical (unpaired) electrons. The Morgan fingerprint density at radius 2 is 2.33 bits per heavy atom. The lowest BCUT2D eigenvalue weighted by Gasteiger charge is -2.03. The van der Waals surface area contributed by atoms with Crippen LogP contribution in [0.15, 0.2) is 42.1 Å². The van der Waals surface area contributed by atoms with E-state index in [2.05, 4.69) is 13.2 Å². The van der Waals surface area contributed by atoms with Gasteiger partial charge in [-0.05, 0) is 6.07 Å². The largest absolute Gasteiger partial charge is 0.469 e. The normalized spacial score (nSPS) is 12.4. The van der Waals surface area contributed by atoms with E-state index in [1.54, 1.807) is 18.4 Å². The maximum absolute atomic E-state index is 9.41. The van der Waals surface area contributed by atoms with Crippen molar-refractivity contribution in [1.82, 2.24) is 0 Å². The summed E-state index contributed by atoms with van der Waals surface area (Å²) in [5.74, 6) is 0.748. The third-order valence-electron chi connectivity index (χ3n) is 1.65. The van der Waals surface area contributed by atoms with Crippen molar-refractivity contribution in [2.75, 3.05) is 0 Å². The summed E-state index contributed by atoms with van der Waals surface area (Å²) in [4.78, 5) is 0. The van der Waals surface area contributed by atoms with Gasteiger partial charge in [0.25, 0.3) is 0 Å². The van der Waals surface area contributed by atoms with E-state index in [9.17, 15) is 5.11 Å². The highest BCUT2D eigenvalue weighted by atomic mass is 16.3. The zero-order valence-corrected chi connectivity index (χ0v) is 6.86. The number of aliphatic hydroxyl groups excluding tert-OH is 1. The minimum absolute atomic E-state index is 0.632. The molecular formula is C10H12O2. The monoisotopic (exact) mass is 164 g/mol. The Kier molecular flexibility index (Phi) is 2.88. The lowest BCUT2D eigenvalue weighted by atomic mass is 10.1. The summed E-state index contributed by atoms with van der Waals surface area (Å²) < 4.78 is 5.15. The molecule has 2 heteroatoms. The number of furan rings is 1. The first-order valence-electron chi connectivity index (χ1n) is 3.77. The van der Waals surface area contributed by atoms with Gasteiger partial charge in [0.05, 0.1) is 6.26 Å². The second-order valence-corrected chi connectivity index (χ2v) is 2.47. The fraction of sp³-hybridized carbons (Fsp3) is 0.200. The summed E-state index contributed by atoms with van der Waals surface area (Å²) in [7, 11) is 0. The van der Waals surface area contributed by atoms with Crippen molar-refractivity contribution in [2.24, 2.45) is 0 Å². The molecule has 1 aromatic rings. The molecule has 12 heavy (non-hydrogen) atoms. The molecule has 64 valence electrons. The topological polar surface area (TPSA) is 33.4 Å². The lowest BCUT2D eigenvalue weighted by molar-refractivity contribution is 0.226. The van der Waals surface area contributed by atoms with Crippen LogP contribution in [0.2, 0.25) is 0 Å². The molecule has 1 aromatic heterocycles. The number of allylic oxidation sites excluding steroid dienone is 1. The summed E-state index contributed by atoms with van der Waals surface area (Å²) >= 11 is 0. The molecule has 1 atom stereocenters. The molecule has 0 saturated carbocycles. The molecule has 1 N–H and O–H groups in total. The summed E-state index contributed by atoms with van der Waals surface area (Å²) in [5, 5.41) is 9.41. The molecule has 1 unspecified atom stereocenters. The molecule has 0 aliphatic rings. The minimum atomic E-state index is -0.640. The Hall–Kier alpha value is -1.28. The number of hydrogen-bond acceptors (Lipinski definition) is 2. The van der Waals surface area contributed by atoms with E-state index < -0.39 is 6.10 Å². The predicted octanol–water partition coefficient (Wildman–Crippen LogP) is 2.23. The second-order valence-electron chi connectivity index (χ2n) is 2.47. The third-order valence-corrected chi connectivity index (χ3v) is 1.65. The van der Waals surface area contributed by atoms with Gasteiger partial charge in [-0.2, -0.15) is 0 Å². The van der Waals surface area contributed by atoms with Crippen LogP contribution in [0.3, 0.4) is 0 Å². The second kappa shape index (κ2) is 3.93. The van der Waals surface area contributed by atoms with Crippen LogP contribution in [0.5, 0.6) is 0 Å². The Labute approximate surface area is 71.8 Å². The van der Waals surface area contributed by atoms with Gasteiger partial charge in [0.2, 0.25) is 0 Å². The van der Waals surface area contributed by atoms with Gasteiger partial charge in [-0.15, -0.1) is 13.2 Å². The average Bonchev–Trinajstić information content (AvgIpc) is 2.52. The van der Waals surface area contributed by atoms with Crippen LogP contribution >= 0.6 is 0 Å². The van der Waals surface area contributed by atoms with Crippen LogP contribution in [0.4, 0.5) is 0 Å². The molecule has 0 spiro atoms. The average molecular weight is 164 g/mol. The first kappa shape index (κ1) is 8.81. The van der Waals surface area contributed by atoms with Crippen molar-refractivity contribution >= 4 is 0 Å². The van der Waals surface area contributed by atoms with Crippen molar-refractivity contribution in [3.05, 3.63) is 49.0 Å². The molecule has 0 aliphatic carbocycles. The van der Waals surface area contributed by atoms with E-state index in [0.29, 0.717) is 6.42 Å². The first-order valence-corrected chi connectivity index (χ1v) is 3.77. The van der Waals surface area contributed by atoms with Crippen LogP contribution in [-0.4, -0.2) is 5.11 Å². The summed E-state index contributed by atoms with van der Waals surface area (Å²) in [5.41, 5.74) is 0.768. The molecule has 1 heterocycles. The maximum Gasteiger partial charge on any atom is 0.113 e. The highest BCUT2D eigenvalue weighted by Crippen LogP contribution is 2.20. The van der Waals surface area contributed by atoms with Gasteiger partial charge in [0.15, 0.2) is 0 Å². The smallest absolute Gasteiger partial charge is 0.113 e. The zero-order chi connectivity index (χ0) is 8.97. The first-order chi connectivity index (χ1) is 5.79. The van der Waals surface area contributed by atoms with Crippen molar-refractivity contribution in [2.45, 2.75) is 12.5 Å². The molecule has 0 aromatic carbocycles. The van der Waals surface area contributed by atoms with E-state index in [0.717, 1.165) is 11.3 Å². The van der Waals surface area contributed by atoms with Crippen LogP contribution in [-0.2, 0) is 6.42 Å². The fourth-order valence-corrected chi connectivity index (χ4v) is 1.04. The lowest BCUT2D eigenvalue weighted by Crippen LogP contribution is -1.94. The Balaban J connectivity index is 2.89. The highest BCUT2D eigenvalue weighted by Gasteiger charge is 2.10. The van der Waals surface area contributed by atoms with Crippen LogP contribution < -0.4 is 0 Å². The predicted molar refractivity (Wildman–Crippen MR) is 47.8 cm³/mol.